The van der Waals surface area contributed by atoms with Crippen molar-refractivity contribution >= 4 is 16.1 Å². The fraction of sp³-hybridized carbons (Fsp3) is 0.280. The first kappa shape index (κ1) is 25.6. The van der Waals surface area contributed by atoms with E-state index in [0.29, 0.717) is 23.0 Å². The van der Waals surface area contributed by atoms with Crippen molar-refractivity contribution in [2.75, 3.05) is 12.9 Å². The Labute approximate surface area is 204 Å². The van der Waals surface area contributed by atoms with Gasteiger partial charge in [0, 0.05) is 11.6 Å². The van der Waals surface area contributed by atoms with Gasteiger partial charge in [-0.25, -0.2) is 4.79 Å². The number of esters is 1. The Morgan fingerprint density at radius 3 is 2.29 bits per heavy atom. The first-order chi connectivity index (χ1) is 16.6. The monoisotopic (exact) mass is 499 g/mol. The molecule has 1 aromatic heterocycles. The molecule has 0 fully saturated rings. The van der Waals surface area contributed by atoms with Crippen molar-refractivity contribution in [3.63, 3.8) is 0 Å². The van der Waals surface area contributed by atoms with E-state index < -0.39 is 21.7 Å². The molecule has 2 aromatic carbocycles. The van der Waals surface area contributed by atoms with E-state index in [4.69, 9.17) is 22.9 Å². The molecule has 1 atom stereocenters. The largest absolute Gasteiger partial charge is 0.486 e. The summed E-state index contributed by atoms with van der Waals surface area (Å²) in [6.07, 6.45) is 0.979. The van der Waals surface area contributed by atoms with Crippen molar-refractivity contribution in [3.8, 4) is 40.3 Å². The normalized spacial score (nSPS) is 12.6. The summed E-state index contributed by atoms with van der Waals surface area (Å²) in [5.41, 5.74) is -0.130. The second kappa shape index (κ2) is 11.0. The molecule has 0 aliphatic carbocycles. The van der Waals surface area contributed by atoms with E-state index in [1.807, 2.05) is 0 Å². The average Bonchev–Trinajstić information content (AvgIpc) is 3.27. The second-order valence-corrected chi connectivity index (χ2v) is 9.06. The van der Waals surface area contributed by atoms with Crippen LogP contribution >= 0.6 is 0 Å². The summed E-state index contributed by atoms with van der Waals surface area (Å²) >= 11 is 0. The number of hydrogen-bond donors (Lipinski definition) is 0. The van der Waals surface area contributed by atoms with Gasteiger partial charge in [0.05, 0.1) is 12.9 Å². The van der Waals surface area contributed by atoms with Crippen LogP contribution in [-0.2, 0) is 26.3 Å². The minimum Gasteiger partial charge on any atom is -0.486 e. The Morgan fingerprint density at radius 2 is 1.69 bits per heavy atom. The van der Waals surface area contributed by atoms with Crippen LogP contribution in [0.1, 0.15) is 26.5 Å². The third-order valence-electron chi connectivity index (χ3n) is 4.51. The van der Waals surface area contributed by atoms with Gasteiger partial charge < -0.3 is 22.9 Å². The van der Waals surface area contributed by atoms with Crippen LogP contribution in [0.4, 0.5) is 0 Å². The van der Waals surface area contributed by atoms with Crippen molar-refractivity contribution in [1.29, 1.82) is 0 Å². The fourth-order valence-electron chi connectivity index (χ4n) is 2.99. The summed E-state index contributed by atoms with van der Waals surface area (Å²) in [6.45, 7) is 5.25. The zero-order chi connectivity index (χ0) is 25.5. The molecule has 184 valence electrons. The summed E-state index contributed by atoms with van der Waals surface area (Å²) in [4.78, 5) is 12.2. The number of ether oxygens (including phenoxy) is 3. The minimum atomic E-state index is -3.59. The maximum absolute atomic E-state index is 12.2. The highest BCUT2D eigenvalue weighted by Crippen LogP contribution is 2.25. The van der Waals surface area contributed by atoms with Crippen LogP contribution < -0.4 is 13.7 Å². The van der Waals surface area contributed by atoms with Crippen molar-refractivity contribution in [1.82, 2.24) is 5.16 Å². The molecule has 0 saturated carbocycles. The van der Waals surface area contributed by atoms with Gasteiger partial charge in [0.25, 0.3) is 5.60 Å². The van der Waals surface area contributed by atoms with Crippen LogP contribution in [0.15, 0.2) is 59.1 Å². The molecule has 0 aliphatic heterocycles. The van der Waals surface area contributed by atoms with Crippen LogP contribution in [0.3, 0.4) is 0 Å². The van der Waals surface area contributed by atoms with Gasteiger partial charge in [0.2, 0.25) is 0 Å². The average molecular weight is 500 g/mol. The Balaban J connectivity index is 1.60. The number of benzene rings is 2. The molecule has 0 amide bonds. The Morgan fingerprint density at radius 1 is 1.06 bits per heavy atom. The molecule has 0 unspecified atom stereocenters. The molecular weight excluding hydrogens is 474 g/mol. The fourth-order valence-corrected chi connectivity index (χ4v) is 3.45. The van der Waals surface area contributed by atoms with Gasteiger partial charge in [-0.1, -0.05) is 5.16 Å². The molecule has 9 nitrogen and oxygen atoms in total. The van der Waals surface area contributed by atoms with Crippen molar-refractivity contribution in [3.05, 3.63) is 60.4 Å². The summed E-state index contributed by atoms with van der Waals surface area (Å²) in [5, 5.41) is 4.02. The lowest BCUT2D eigenvalue weighted by Gasteiger charge is -2.23. The molecule has 0 radical (unpaired) electrons. The topological polar surface area (TPSA) is 114 Å². The highest BCUT2D eigenvalue weighted by molar-refractivity contribution is 7.86. The van der Waals surface area contributed by atoms with Crippen LogP contribution in [0.2, 0.25) is 0 Å². The molecule has 3 rings (SSSR count). The number of rotatable bonds is 10. The predicted octanol–water partition coefficient (Wildman–Crippen LogP) is 3.98. The lowest BCUT2D eigenvalue weighted by atomic mass is 10.1. The third kappa shape index (κ3) is 7.25. The van der Waals surface area contributed by atoms with Gasteiger partial charge in [-0.05, 0) is 75.2 Å². The lowest BCUT2D eigenvalue weighted by molar-refractivity contribution is -0.155. The van der Waals surface area contributed by atoms with Crippen LogP contribution in [0, 0.1) is 11.8 Å². The Bertz CT molecular complexity index is 1320. The zero-order valence-corrected chi connectivity index (χ0v) is 20.5. The summed E-state index contributed by atoms with van der Waals surface area (Å²) < 4.78 is 49.2. The summed E-state index contributed by atoms with van der Waals surface area (Å²) in [5.74, 6) is 6.57. The number of aromatic nitrogens is 1. The molecule has 35 heavy (non-hydrogen) atoms. The quantitative estimate of drug-likeness (QED) is 0.232. The first-order valence-corrected chi connectivity index (χ1v) is 12.4. The molecule has 0 saturated heterocycles. The molecule has 1 heterocycles. The van der Waals surface area contributed by atoms with E-state index in [0.717, 1.165) is 11.8 Å². The number of carbonyl (C=O) groups is 1. The second-order valence-electron chi connectivity index (χ2n) is 7.48. The van der Waals surface area contributed by atoms with E-state index >= 15 is 0 Å². The van der Waals surface area contributed by atoms with E-state index in [-0.39, 0.29) is 19.0 Å². The van der Waals surface area contributed by atoms with Gasteiger partial charge in [-0.3, -0.25) is 0 Å². The standard InChI is InChI=1S/C25H25NO8S/c1-5-15-25(3,24(27)30-6-2)32-20-13-11-19(12-14-20)31-17-22-16-23(26-33-22)18-7-9-21(10-8-18)34-35(4,28)29/h7-14,16H,6,17H2,1-4H3/t25-/m0/s1. The van der Waals surface area contributed by atoms with Gasteiger partial charge in [0.15, 0.2) is 5.76 Å². The smallest absolute Gasteiger partial charge is 0.363 e. The zero-order valence-electron chi connectivity index (χ0n) is 19.7. The van der Waals surface area contributed by atoms with Gasteiger partial charge in [-0.15, -0.1) is 5.92 Å². The SMILES string of the molecule is CC#C[C@](C)(Oc1ccc(OCc2cc(-c3ccc(OS(C)(=O)=O)cc3)no2)cc1)C(=O)OCC. The summed E-state index contributed by atoms with van der Waals surface area (Å²) in [7, 11) is -3.59. The van der Waals surface area contributed by atoms with E-state index in [2.05, 4.69) is 17.0 Å². The van der Waals surface area contributed by atoms with Crippen molar-refractivity contribution in [2.45, 2.75) is 33.0 Å². The Hall–Kier alpha value is -3.97. The predicted molar refractivity (Wildman–Crippen MR) is 127 cm³/mol. The van der Waals surface area contributed by atoms with Gasteiger partial charge in [-0.2, -0.15) is 8.42 Å². The highest BCUT2D eigenvalue weighted by atomic mass is 32.2. The molecule has 0 spiro atoms. The van der Waals surface area contributed by atoms with Gasteiger partial charge >= 0.3 is 16.1 Å². The summed E-state index contributed by atoms with van der Waals surface area (Å²) in [6, 6.07) is 14.8. The first-order valence-electron chi connectivity index (χ1n) is 10.6. The van der Waals surface area contributed by atoms with Gasteiger partial charge in [0.1, 0.15) is 29.5 Å². The van der Waals surface area contributed by atoms with E-state index in [1.54, 1.807) is 63.2 Å². The van der Waals surface area contributed by atoms with Crippen LogP contribution in [0.5, 0.6) is 17.2 Å². The maximum Gasteiger partial charge on any atom is 0.363 e. The molecular formula is C25H25NO8S. The molecule has 0 bridgehead atoms. The minimum absolute atomic E-state index is 0.129. The molecule has 0 N–H and O–H groups in total. The molecule has 10 heteroatoms. The van der Waals surface area contributed by atoms with Crippen LogP contribution in [0.25, 0.3) is 11.3 Å². The van der Waals surface area contributed by atoms with Crippen LogP contribution in [-0.4, -0.2) is 38.0 Å². The molecule has 3 aromatic rings. The Kier molecular flexibility index (Phi) is 8.04. The van der Waals surface area contributed by atoms with Crippen molar-refractivity contribution < 1.29 is 36.1 Å². The van der Waals surface area contributed by atoms with E-state index in [1.165, 1.54) is 12.1 Å². The highest BCUT2D eigenvalue weighted by Gasteiger charge is 2.35. The number of nitrogens with zero attached hydrogens (tertiary/aromatic N) is 1. The molecule has 0 aliphatic rings. The lowest BCUT2D eigenvalue weighted by Crippen LogP contribution is -2.41. The maximum atomic E-state index is 12.2. The van der Waals surface area contributed by atoms with Crippen molar-refractivity contribution in [2.24, 2.45) is 0 Å². The van der Waals surface area contributed by atoms with E-state index in [9.17, 15) is 13.2 Å². The third-order valence-corrected chi connectivity index (χ3v) is 5.01. The number of carbonyl (C=O) groups excluding carboxylic acids is 1. The number of hydrogen-bond acceptors (Lipinski definition) is 9.